The first-order chi connectivity index (χ1) is 11.7. The van der Waals surface area contributed by atoms with Crippen LogP contribution in [0.4, 0.5) is 14.5 Å². The Morgan fingerprint density at radius 2 is 1.80 bits per heavy atom. The maximum atomic E-state index is 13.6. The van der Waals surface area contributed by atoms with Gasteiger partial charge in [0.15, 0.2) is 21.5 Å². The number of ether oxygens (including phenoxy) is 1. The van der Waals surface area contributed by atoms with Gasteiger partial charge in [0.1, 0.15) is 5.75 Å². The van der Waals surface area contributed by atoms with Gasteiger partial charge in [-0.25, -0.2) is 17.2 Å². The van der Waals surface area contributed by atoms with E-state index >= 15 is 0 Å². The Labute approximate surface area is 144 Å². The molecule has 134 valence electrons. The number of carbonyl (C=O) groups excluding carboxylic acids is 1. The standard InChI is InChI=1S/C17H17F2NO4S/c1-11(17(21)20-15-5-3-4-14(18)16(15)19)10-25(22,23)13-8-6-12(24-2)7-9-13/h3-9,11H,10H2,1-2H3,(H,20,21). The molecule has 0 fully saturated rings. The van der Waals surface area contributed by atoms with Gasteiger partial charge in [0, 0.05) is 5.92 Å². The number of halogens is 2. The highest BCUT2D eigenvalue weighted by Crippen LogP contribution is 2.20. The fraction of sp³-hybridized carbons (Fsp3) is 0.235. The average molecular weight is 369 g/mol. The van der Waals surface area contributed by atoms with Gasteiger partial charge in [0.25, 0.3) is 0 Å². The predicted molar refractivity (Wildman–Crippen MR) is 89.2 cm³/mol. The van der Waals surface area contributed by atoms with Crippen molar-refractivity contribution in [1.29, 1.82) is 0 Å². The molecule has 1 unspecified atom stereocenters. The van der Waals surface area contributed by atoms with E-state index in [1.165, 1.54) is 50.4 Å². The summed E-state index contributed by atoms with van der Waals surface area (Å²) in [4.78, 5) is 12.1. The minimum Gasteiger partial charge on any atom is -0.497 e. The molecule has 0 bridgehead atoms. The molecule has 1 amide bonds. The molecule has 1 N–H and O–H groups in total. The van der Waals surface area contributed by atoms with Gasteiger partial charge in [0.2, 0.25) is 5.91 Å². The molecule has 0 radical (unpaired) electrons. The van der Waals surface area contributed by atoms with E-state index in [9.17, 15) is 22.0 Å². The summed E-state index contributed by atoms with van der Waals surface area (Å²) >= 11 is 0. The van der Waals surface area contributed by atoms with E-state index in [1.54, 1.807) is 0 Å². The van der Waals surface area contributed by atoms with Crippen molar-refractivity contribution >= 4 is 21.4 Å². The molecule has 25 heavy (non-hydrogen) atoms. The minimum absolute atomic E-state index is 0.0462. The first kappa shape index (κ1) is 18.9. The lowest BCUT2D eigenvalue weighted by Crippen LogP contribution is -2.27. The Bertz CT molecular complexity index is 867. The van der Waals surface area contributed by atoms with Crippen molar-refractivity contribution in [2.75, 3.05) is 18.2 Å². The highest BCUT2D eigenvalue weighted by Gasteiger charge is 2.24. The second-order valence-electron chi connectivity index (χ2n) is 5.45. The average Bonchev–Trinajstić information content (AvgIpc) is 2.58. The Hall–Kier alpha value is -2.48. The summed E-state index contributed by atoms with van der Waals surface area (Å²) in [5, 5.41) is 2.20. The van der Waals surface area contributed by atoms with Crippen molar-refractivity contribution in [2.24, 2.45) is 5.92 Å². The van der Waals surface area contributed by atoms with Crippen LogP contribution in [-0.4, -0.2) is 27.2 Å². The van der Waals surface area contributed by atoms with Crippen LogP contribution in [0.3, 0.4) is 0 Å². The second-order valence-corrected chi connectivity index (χ2v) is 7.48. The number of carbonyl (C=O) groups is 1. The van der Waals surface area contributed by atoms with E-state index in [0.717, 1.165) is 6.07 Å². The number of benzene rings is 2. The molecule has 0 aliphatic heterocycles. The summed E-state index contributed by atoms with van der Waals surface area (Å²) < 4.78 is 56.4. The first-order valence-electron chi connectivity index (χ1n) is 7.36. The SMILES string of the molecule is COc1ccc(S(=O)(=O)CC(C)C(=O)Nc2cccc(F)c2F)cc1. The summed E-state index contributed by atoms with van der Waals surface area (Å²) in [5.74, 6) is -3.94. The third kappa shape index (κ3) is 4.54. The van der Waals surface area contributed by atoms with Crippen molar-refractivity contribution < 1.29 is 26.7 Å². The molecule has 0 heterocycles. The largest absolute Gasteiger partial charge is 0.497 e. The molecule has 0 aromatic heterocycles. The Morgan fingerprint density at radius 1 is 1.16 bits per heavy atom. The second kappa shape index (κ2) is 7.60. The zero-order valence-electron chi connectivity index (χ0n) is 13.6. The number of anilines is 1. The maximum Gasteiger partial charge on any atom is 0.228 e. The van der Waals surface area contributed by atoms with Crippen molar-refractivity contribution in [3.63, 3.8) is 0 Å². The topological polar surface area (TPSA) is 72.5 Å². The smallest absolute Gasteiger partial charge is 0.228 e. The van der Waals surface area contributed by atoms with Gasteiger partial charge in [0.05, 0.1) is 23.4 Å². The van der Waals surface area contributed by atoms with Gasteiger partial charge < -0.3 is 10.1 Å². The number of rotatable bonds is 6. The third-order valence-electron chi connectivity index (χ3n) is 3.55. The van der Waals surface area contributed by atoms with Gasteiger partial charge in [-0.1, -0.05) is 13.0 Å². The summed E-state index contributed by atoms with van der Waals surface area (Å²) in [6.07, 6.45) is 0. The van der Waals surface area contributed by atoms with Crippen molar-refractivity contribution in [1.82, 2.24) is 0 Å². The molecule has 8 heteroatoms. The normalized spacial score (nSPS) is 12.5. The molecule has 2 aromatic carbocycles. The van der Waals surface area contributed by atoms with Gasteiger partial charge >= 0.3 is 0 Å². The van der Waals surface area contributed by atoms with Crippen LogP contribution in [0.15, 0.2) is 47.4 Å². The molecule has 0 aliphatic rings. The monoisotopic (exact) mass is 369 g/mol. The lowest BCUT2D eigenvalue weighted by atomic mass is 10.2. The fourth-order valence-corrected chi connectivity index (χ4v) is 3.69. The molecular formula is C17H17F2NO4S. The fourth-order valence-electron chi connectivity index (χ4n) is 2.14. The number of methoxy groups -OCH3 is 1. The molecule has 0 spiro atoms. The van der Waals surface area contributed by atoms with Crippen LogP contribution in [0.2, 0.25) is 0 Å². The maximum absolute atomic E-state index is 13.6. The molecule has 2 aromatic rings. The Kier molecular flexibility index (Phi) is 5.73. The highest BCUT2D eigenvalue weighted by atomic mass is 32.2. The molecule has 0 saturated carbocycles. The summed E-state index contributed by atoms with van der Waals surface area (Å²) in [7, 11) is -2.26. The van der Waals surface area contributed by atoms with Crippen molar-refractivity contribution in [3.8, 4) is 5.75 Å². The van der Waals surface area contributed by atoms with Gasteiger partial charge in [-0.2, -0.15) is 0 Å². The summed E-state index contributed by atoms with van der Waals surface area (Å²) in [6, 6.07) is 9.12. The summed E-state index contributed by atoms with van der Waals surface area (Å²) in [5.41, 5.74) is -0.335. The van der Waals surface area contributed by atoms with E-state index in [4.69, 9.17) is 4.74 Å². The zero-order valence-corrected chi connectivity index (χ0v) is 14.4. The van der Waals surface area contributed by atoms with E-state index in [1.807, 2.05) is 0 Å². The van der Waals surface area contributed by atoms with Crippen LogP contribution in [0, 0.1) is 17.6 Å². The van der Waals surface area contributed by atoms with Crippen LogP contribution >= 0.6 is 0 Å². The molecule has 0 saturated heterocycles. The lowest BCUT2D eigenvalue weighted by Gasteiger charge is -2.13. The molecule has 0 aliphatic carbocycles. The van der Waals surface area contributed by atoms with Crippen molar-refractivity contribution in [3.05, 3.63) is 54.1 Å². The molecular weight excluding hydrogens is 352 g/mol. The highest BCUT2D eigenvalue weighted by molar-refractivity contribution is 7.91. The van der Waals surface area contributed by atoms with Gasteiger partial charge in [-0.05, 0) is 36.4 Å². The zero-order chi connectivity index (χ0) is 18.6. The lowest BCUT2D eigenvalue weighted by molar-refractivity contribution is -0.118. The molecule has 2 rings (SSSR count). The molecule has 5 nitrogen and oxygen atoms in total. The van der Waals surface area contributed by atoms with Crippen LogP contribution in [-0.2, 0) is 14.6 Å². The number of sulfone groups is 1. The Balaban J connectivity index is 2.10. The van der Waals surface area contributed by atoms with Crippen molar-refractivity contribution in [2.45, 2.75) is 11.8 Å². The van der Waals surface area contributed by atoms with E-state index in [2.05, 4.69) is 5.32 Å². The van der Waals surface area contributed by atoms with E-state index < -0.39 is 39.0 Å². The third-order valence-corrected chi connectivity index (χ3v) is 5.47. The molecule has 1 atom stereocenters. The van der Waals surface area contributed by atoms with E-state index in [0.29, 0.717) is 5.75 Å². The minimum atomic E-state index is -3.72. The van der Waals surface area contributed by atoms with Crippen LogP contribution in [0.1, 0.15) is 6.92 Å². The first-order valence-corrected chi connectivity index (χ1v) is 9.01. The van der Waals surface area contributed by atoms with Gasteiger partial charge in [-0.3, -0.25) is 4.79 Å². The predicted octanol–water partition coefficient (Wildman–Crippen LogP) is 3.02. The van der Waals surface area contributed by atoms with Gasteiger partial charge in [-0.15, -0.1) is 0 Å². The number of hydrogen-bond acceptors (Lipinski definition) is 4. The number of amides is 1. The number of hydrogen-bond donors (Lipinski definition) is 1. The van der Waals surface area contributed by atoms with Crippen LogP contribution in [0.25, 0.3) is 0 Å². The van der Waals surface area contributed by atoms with Crippen LogP contribution < -0.4 is 10.1 Å². The Morgan fingerprint density at radius 3 is 2.40 bits per heavy atom. The quantitative estimate of drug-likeness (QED) is 0.850. The van der Waals surface area contributed by atoms with E-state index in [-0.39, 0.29) is 10.6 Å². The van der Waals surface area contributed by atoms with Crippen LogP contribution in [0.5, 0.6) is 5.75 Å². The summed E-state index contributed by atoms with van der Waals surface area (Å²) in [6.45, 7) is 1.40. The number of nitrogens with one attached hydrogen (secondary N) is 1.